The summed E-state index contributed by atoms with van der Waals surface area (Å²) < 4.78 is 17.4. The number of Topliss-reactive ketones (excluding diaryl/α,β-unsaturated/α-hetero) is 1. The first-order valence-electron chi connectivity index (χ1n) is 22.5. The number of aliphatic hydroxyl groups excluding tert-OH is 1. The molecule has 0 aliphatic carbocycles. The monoisotopic (exact) mass is 909 g/mol. The van der Waals surface area contributed by atoms with Gasteiger partial charge in [0.25, 0.3) is 5.91 Å². The number of nitrogens with one attached hydrogen (secondary N) is 1. The Bertz CT molecular complexity index is 2240. The summed E-state index contributed by atoms with van der Waals surface area (Å²) in [6, 6.07) is 22.8. The fourth-order valence-electron chi connectivity index (χ4n) is 8.17. The first kappa shape index (κ1) is 49.0. The Morgan fingerprint density at radius 1 is 0.877 bits per heavy atom. The van der Waals surface area contributed by atoms with Crippen LogP contribution in [-0.2, 0) is 35.2 Å². The van der Waals surface area contributed by atoms with Gasteiger partial charge in [0.1, 0.15) is 23.9 Å². The number of β-amino-alcohol motifs (C(OH)–C–C–N with tert-alkyl or cyclic N) is 1. The van der Waals surface area contributed by atoms with Gasteiger partial charge in [-0.1, -0.05) is 63.2 Å². The van der Waals surface area contributed by atoms with Gasteiger partial charge in [0.15, 0.2) is 5.78 Å². The van der Waals surface area contributed by atoms with Crippen LogP contribution >= 0.6 is 11.3 Å². The molecule has 2 saturated heterocycles. The molecule has 6 rings (SSSR count). The molecule has 348 valence electrons. The van der Waals surface area contributed by atoms with Crippen molar-refractivity contribution >= 4 is 52.2 Å². The summed E-state index contributed by atoms with van der Waals surface area (Å²) in [4.78, 5) is 76.7. The lowest BCUT2D eigenvalue weighted by Gasteiger charge is -2.34. The van der Waals surface area contributed by atoms with E-state index in [1.165, 1.54) is 14.7 Å². The van der Waals surface area contributed by atoms with Crippen LogP contribution in [0.3, 0.4) is 0 Å². The fraction of sp³-hybridized carbons (Fsp3) is 0.480. The minimum absolute atomic E-state index is 0.0309. The van der Waals surface area contributed by atoms with E-state index in [1.54, 1.807) is 61.6 Å². The lowest BCUT2D eigenvalue weighted by atomic mass is 9.77. The topological polar surface area (TPSA) is 168 Å². The third-order valence-corrected chi connectivity index (χ3v) is 12.9. The summed E-state index contributed by atoms with van der Waals surface area (Å²) in [5.74, 6) is -1.17. The molecule has 4 aromatic rings. The number of anilines is 2. The van der Waals surface area contributed by atoms with Gasteiger partial charge in [0.05, 0.1) is 34.5 Å². The minimum atomic E-state index is -1.05. The van der Waals surface area contributed by atoms with E-state index in [-0.39, 0.29) is 56.0 Å². The highest BCUT2D eigenvalue weighted by molar-refractivity contribution is 7.13. The quantitative estimate of drug-likeness (QED) is 0.0588. The van der Waals surface area contributed by atoms with E-state index in [2.05, 4.69) is 10.3 Å². The number of aryl methyl sites for hydroxylation is 1. The third kappa shape index (κ3) is 12.5. The first-order chi connectivity index (χ1) is 31.1. The van der Waals surface area contributed by atoms with Crippen molar-refractivity contribution in [2.75, 3.05) is 49.4 Å². The summed E-state index contributed by atoms with van der Waals surface area (Å²) in [7, 11) is 0. The highest BCUT2D eigenvalue weighted by Gasteiger charge is 2.52. The van der Waals surface area contributed by atoms with Crippen molar-refractivity contribution in [2.24, 2.45) is 11.3 Å². The lowest BCUT2D eigenvalue weighted by Crippen LogP contribution is -2.50. The number of carbonyl (C=O) groups is 5. The fourth-order valence-corrected chi connectivity index (χ4v) is 8.98. The Kier molecular flexibility index (Phi) is 16.7. The number of imide groups is 1. The second-order valence-electron chi connectivity index (χ2n) is 18.3. The summed E-state index contributed by atoms with van der Waals surface area (Å²) in [5.41, 5.74) is 4.29. The maximum atomic E-state index is 14.0. The van der Waals surface area contributed by atoms with Crippen LogP contribution in [0.4, 0.5) is 16.2 Å². The average Bonchev–Trinajstić information content (AvgIpc) is 3.94. The molecule has 65 heavy (non-hydrogen) atoms. The number of benzene rings is 3. The molecular weight excluding hydrogens is 847 g/mol. The zero-order valence-electron chi connectivity index (χ0n) is 38.4. The van der Waals surface area contributed by atoms with Crippen molar-refractivity contribution in [3.8, 4) is 16.2 Å². The molecule has 3 heterocycles. The number of ketones is 1. The van der Waals surface area contributed by atoms with Crippen LogP contribution in [0.15, 0.2) is 84.4 Å². The number of unbranched alkanes of at least 4 members (excludes halogenated alkanes) is 2. The summed E-state index contributed by atoms with van der Waals surface area (Å²) >= 11 is 1.58. The van der Waals surface area contributed by atoms with E-state index in [9.17, 15) is 29.1 Å². The van der Waals surface area contributed by atoms with Crippen LogP contribution in [0.2, 0.25) is 0 Å². The first-order valence-corrected chi connectivity index (χ1v) is 23.3. The maximum Gasteiger partial charge on any atom is 0.336 e. The van der Waals surface area contributed by atoms with Crippen molar-refractivity contribution in [3.05, 3.63) is 95.6 Å². The van der Waals surface area contributed by atoms with Crippen LogP contribution in [0, 0.1) is 18.3 Å². The van der Waals surface area contributed by atoms with E-state index in [4.69, 9.17) is 14.2 Å². The van der Waals surface area contributed by atoms with Gasteiger partial charge >= 0.3 is 6.03 Å². The highest BCUT2D eigenvalue weighted by Crippen LogP contribution is 2.37. The average molecular weight is 910 g/mol. The van der Waals surface area contributed by atoms with Crippen LogP contribution in [0.5, 0.6) is 5.75 Å². The van der Waals surface area contributed by atoms with Crippen molar-refractivity contribution in [1.29, 1.82) is 0 Å². The molecule has 0 spiro atoms. The van der Waals surface area contributed by atoms with E-state index < -0.39 is 35.0 Å². The zero-order valence-corrected chi connectivity index (χ0v) is 39.2. The molecular formula is C50H63N5O9S. The highest BCUT2D eigenvalue weighted by atomic mass is 32.1. The van der Waals surface area contributed by atoms with Gasteiger partial charge in [-0.3, -0.25) is 24.1 Å². The van der Waals surface area contributed by atoms with Gasteiger partial charge in [0.2, 0.25) is 11.8 Å². The van der Waals surface area contributed by atoms with Crippen LogP contribution in [-0.4, -0.2) is 102 Å². The predicted molar refractivity (Wildman–Crippen MR) is 251 cm³/mol. The number of aliphatic hydroxyl groups is 1. The molecule has 2 aliphatic rings. The molecule has 2 fully saturated rings. The largest absolute Gasteiger partial charge is 0.494 e. The number of rotatable bonds is 22. The van der Waals surface area contributed by atoms with Crippen molar-refractivity contribution < 1.29 is 43.3 Å². The smallest absolute Gasteiger partial charge is 0.336 e. The van der Waals surface area contributed by atoms with Crippen LogP contribution in [0.1, 0.15) is 84.4 Å². The molecule has 0 bridgehead atoms. The summed E-state index contributed by atoms with van der Waals surface area (Å²) in [5, 5.41) is 13.5. The third-order valence-electron chi connectivity index (χ3n) is 11.9. The molecule has 5 amide bonds. The Morgan fingerprint density at radius 3 is 2.23 bits per heavy atom. The molecule has 0 radical (unpaired) electrons. The van der Waals surface area contributed by atoms with Crippen molar-refractivity contribution in [3.63, 3.8) is 0 Å². The number of urea groups is 1. The number of likely N-dealkylation sites (tertiary alicyclic amines) is 1. The summed E-state index contributed by atoms with van der Waals surface area (Å²) in [6.07, 6.45) is 2.49. The Morgan fingerprint density at radius 2 is 1.55 bits per heavy atom. The Hall–Kier alpha value is -5.48. The maximum absolute atomic E-state index is 14.0. The molecule has 2 aliphatic heterocycles. The SMILES string of the molecule is Cc1ncsc1-c1ccc(CNC(=O)[C@@H]2C[C@@H](O)CN2C(=O)[C@@H](CC(=O)COCCCOCCCCCOc2ccc(N3C(=O)N(c4ccccc4)C(=O)C3(C)C)cc2)C(C)(C)C)cc1. The number of ether oxygens (including phenoxy) is 3. The van der Waals surface area contributed by atoms with Gasteiger partial charge in [-0.15, -0.1) is 11.3 Å². The van der Waals surface area contributed by atoms with Gasteiger partial charge in [-0.2, -0.15) is 0 Å². The minimum Gasteiger partial charge on any atom is -0.494 e. The normalized spacial score (nSPS) is 17.7. The van der Waals surface area contributed by atoms with Crippen molar-refractivity contribution in [1.82, 2.24) is 15.2 Å². The number of thiazole rings is 1. The number of para-hydroxylation sites is 1. The molecule has 1 aromatic heterocycles. The lowest BCUT2D eigenvalue weighted by molar-refractivity contribution is -0.146. The molecule has 15 heteroatoms. The van der Waals surface area contributed by atoms with Gasteiger partial charge in [-0.25, -0.2) is 14.7 Å². The van der Waals surface area contributed by atoms with Gasteiger partial charge in [0, 0.05) is 57.4 Å². The van der Waals surface area contributed by atoms with E-state index in [1.807, 2.05) is 75.7 Å². The second-order valence-corrected chi connectivity index (χ2v) is 19.2. The Labute approximate surface area is 386 Å². The second kappa shape index (κ2) is 22.1. The van der Waals surface area contributed by atoms with E-state index >= 15 is 0 Å². The molecule has 3 aromatic carbocycles. The number of hydrogen-bond acceptors (Lipinski definition) is 11. The number of aromatic nitrogens is 1. The van der Waals surface area contributed by atoms with Gasteiger partial charge in [-0.05, 0) is 99.4 Å². The standard InChI is InChI=1S/C50H63N5O9S/c1-34-44(65-33-52-34)36-18-16-35(17-19-36)30-51-45(58)43-29-39(56)31-53(43)46(59)42(49(2,3)4)28-40(57)32-63-26-13-25-62-24-11-8-12-27-64-41-22-20-38(21-23-41)55-48(61)54(47(60)50(55,5)6)37-14-9-7-10-15-37/h7,9-10,14-23,33,39,42-43,56H,8,11-13,24-32H2,1-6H3,(H,51,58)/t39-,42-,43+/m1/s1. The van der Waals surface area contributed by atoms with Crippen LogP contribution < -0.4 is 19.9 Å². The molecule has 0 unspecified atom stereocenters. The number of nitrogens with zero attached hydrogens (tertiary/aromatic N) is 4. The molecule has 2 N–H and O–H groups in total. The van der Waals surface area contributed by atoms with Crippen molar-refractivity contribution in [2.45, 2.75) is 104 Å². The molecule has 14 nitrogen and oxygen atoms in total. The number of hydrogen-bond donors (Lipinski definition) is 2. The summed E-state index contributed by atoms with van der Waals surface area (Å²) in [6.45, 7) is 13.3. The predicted octanol–water partition coefficient (Wildman–Crippen LogP) is 7.74. The van der Waals surface area contributed by atoms with Gasteiger partial charge < -0.3 is 29.5 Å². The van der Waals surface area contributed by atoms with Crippen LogP contribution in [0.25, 0.3) is 10.4 Å². The number of amides is 5. The van der Waals surface area contributed by atoms with E-state index in [0.717, 1.165) is 41.0 Å². The zero-order chi connectivity index (χ0) is 46.7. The number of carbonyl (C=O) groups excluding carboxylic acids is 5. The molecule has 0 saturated carbocycles. The molecule has 3 atom stereocenters. The Balaban J connectivity index is 0.835. The van der Waals surface area contributed by atoms with E-state index in [0.29, 0.717) is 50.0 Å².